The first-order valence-corrected chi connectivity index (χ1v) is 9.00. The van der Waals surface area contributed by atoms with Crippen molar-refractivity contribution in [3.63, 3.8) is 0 Å². The van der Waals surface area contributed by atoms with Crippen molar-refractivity contribution in [2.75, 3.05) is 31.2 Å². The van der Waals surface area contributed by atoms with Crippen molar-refractivity contribution in [2.45, 2.75) is 16.3 Å². The molecule has 0 atom stereocenters. The lowest BCUT2D eigenvalue weighted by Crippen LogP contribution is -2.38. The lowest BCUT2D eigenvalue weighted by molar-refractivity contribution is 0.112. The maximum atomic E-state index is 11.3. The number of amides is 1. The Hall–Kier alpha value is -2.58. The van der Waals surface area contributed by atoms with Crippen LogP contribution in [0.2, 0.25) is 0 Å². The number of ether oxygens (including phenoxy) is 1. The normalized spacial score (nSPS) is 14.1. The second-order valence-corrected chi connectivity index (χ2v) is 6.71. The summed E-state index contributed by atoms with van der Waals surface area (Å²) in [5.74, 6) is 0.746. The van der Waals surface area contributed by atoms with Crippen molar-refractivity contribution in [2.24, 2.45) is 0 Å². The monoisotopic (exact) mass is 373 g/mol. The first kappa shape index (κ1) is 18.2. The fraction of sp³-hybridized carbons (Fsp3) is 0.278. The molecule has 1 aromatic carbocycles. The van der Waals surface area contributed by atoms with Gasteiger partial charge in [-0.05, 0) is 12.1 Å². The van der Waals surface area contributed by atoms with Crippen molar-refractivity contribution in [3.8, 4) is 0 Å². The zero-order chi connectivity index (χ0) is 18.4. The van der Waals surface area contributed by atoms with E-state index in [4.69, 9.17) is 9.84 Å². The number of morpholine rings is 1. The molecule has 2 N–H and O–H groups in total. The molecule has 0 bridgehead atoms. The van der Waals surface area contributed by atoms with Gasteiger partial charge in [0.2, 0.25) is 0 Å². The zero-order valence-corrected chi connectivity index (χ0v) is 14.9. The van der Waals surface area contributed by atoms with E-state index in [1.54, 1.807) is 12.3 Å². The van der Waals surface area contributed by atoms with Gasteiger partial charge < -0.3 is 20.1 Å². The van der Waals surface area contributed by atoms with Gasteiger partial charge >= 0.3 is 6.09 Å². The van der Waals surface area contributed by atoms with E-state index in [0.717, 1.165) is 27.5 Å². The molecular weight excluding hydrogens is 354 g/mol. The molecule has 26 heavy (non-hydrogen) atoms. The van der Waals surface area contributed by atoms with Gasteiger partial charge in [0, 0.05) is 40.2 Å². The minimum absolute atomic E-state index is 0.140. The lowest BCUT2D eigenvalue weighted by Gasteiger charge is -2.30. The van der Waals surface area contributed by atoms with Gasteiger partial charge in [-0.15, -0.1) is 0 Å². The number of nitrogens with zero attached hydrogens (tertiary/aromatic N) is 2. The van der Waals surface area contributed by atoms with Crippen molar-refractivity contribution in [1.82, 2.24) is 10.3 Å². The highest BCUT2D eigenvalue weighted by Crippen LogP contribution is 2.35. The van der Waals surface area contributed by atoms with E-state index in [-0.39, 0.29) is 6.54 Å². The van der Waals surface area contributed by atoms with Crippen LogP contribution < -0.4 is 10.2 Å². The Kier molecular flexibility index (Phi) is 6.08. The van der Waals surface area contributed by atoms with Gasteiger partial charge in [0.25, 0.3) is 0 Å². The standard InChI is InChI=1S/C18H19N3O4S/c22-12-13-3-1-2-4-15(13)26-16-5-6-19-17(14(16)11-20-18(23)24)21-7-9-25-10-8-21/h1-6,12,20H,7-11H2,(H,23,24). The number of nitrogens with one attached hydrogen (secondary N) is 1. The number of rotatable bonds is 6. The highest BCUT2D eigenvalue weighted by atomic mass is 32.2. The second kappa shape index (κ2) is 8.68. The van der Waals surface area contributed by atoms with E-state index in [1.807, 2.05) is 24.3 Å². The Labute approximate surface area is 155 Å². The van der Waals surface area contributed by atoms with E-state index >= 15 is 0 Å². The Morgan fingerprint density at radius 3 is 2.77 bits per heavy atom. The molecular formula is C18H19N3O4S. The maximum absolute atomic E-state index is 11.3. The van der Waals surface area contributed by atoms with Crippen LogP contribution in [-0.2, 0) is 11.3 Å². The summed E-state index contributed by atoms with van der Waals surface area (Å²) in [5, 5.41) is 11.5. The molecule has 0 spiro atoms. The summed E-state index contributed by atoms with van der Waals surface area (Å²) in [6.07, 6.45) is 1.44. The van der Waals surface area contributed by atoms with Gasteiger partial charge in [0.15, 0.2) is 6.29 Å². The van der Waals surface area contributed by atoms with Crippen LogP contribution in [0.1, 0.15) is 15.9 Å². The molecule has 8 heteroatoms. The number of carbonyl (C=O) groups is 2. The van der Waals surface area contributed by atoms with Gasteiger partial charge in [0.1, 0.15) is 5.82 Å². The molecule has 1 aromatic heterocycles. The first-order valence-electron chi connectivity index (χ1n) is 8.18. The number of carboxylic acid groups (broad SMARTS) is 1. The third-order valence-electron chi connectivity index (χ3n) is 3.98. The third-order valence-corrected chi connectivity index (χ3v) is 5.18. The van der Waals surface area contributed by atoms with Gasteiger partial charge in [-0.25, -0.2) is 9.78 Å². The van der Waals surface area contributed by atoms with Gasteiger partial charge in [-0.2, -0.15) is 0 Å². The molecule has 1 amide bonds. The number of pyridine rings is 1. The molecule has 1 saturated heterocycles. The fourth-order valence-electron chi connectivity index (χ4n) is 2.73. The van der Waals surface area contributed by atoms with Crippen molar-refractivity contribution < 1.29 is 19.4 Å². The summed E-state index contributed by atoms with van der Waals surface area (Å²) < 4.78 is 5.39. The summed E-state index contributed by atoms with van der Waals surface area (Å²) in [6.45, 7) is 2.76. The van der Waals surface area contributed by atoms with Crippen molar-refractivity contribution in [3.05, 3.63) is 47.7 Å². The molecule has 7 nitrogen and oxygen atoms in total. The molecule has 0 radical (unpaired) electrons. The SMILES string of the molecule is O=Cc1ccccc1Sc1ccnc(N2CCOCC2)c1CNC(=O)O. The van der Waals surface area contributed by atoms with Crippen molar-refractivity contribution in [1.29, 1.82) is 0 Å². The summed E-state index contributed by atoms with van der Waals surface area (Å²) in [4.78, 5) is 30.6. The van der Waals surface area contributed by atoms with E-state index in [9.17, 15) is 9.59 Å². The summed E-state index contributed by atoms with van der Waals surface area (Å²) in [6, 6.07) is 9.16. The molecule has 136 valence electrons. The van der Waals surface area contributed by atoms with Crippen LogP contribution in [0.5, 0.6) is 0 Å². The van der Waals surface area contributed by atoms with Gasteiger partial charge in [0.05, 0.1) is 19.8 Å². The minimum Gasteiger partial charge on any atom is -0.465 e. The smallest absolute Gasteiger partial charge is 0.404 e. The molecule has 1 aliphatic rings. The molecule has 2 heterocycles. The van der Waals surface area contributed by atoms with Crippen LogP contribution in [-0.4, -0.2) is 48.8 Å². The van der Waals surface area contributed by atoms with E-state index in [0.29, 0.717) is 31.9 Å². The molecule has 0 unspecified atom stereocenters. The van der Waals surface area contributed by atoms with Crippen LogP contribution in [0.15, 0.2) is 46.3 Å². The van der Waals surface area contributed by atoms with Crippen LogP contribution in [0.3, 0.4) is 0 Å². The van der Waals surface area contributed by atoms with Crippen LogP contribution in [0.25, 0.3) is 0 Å². The average molecular weight is 373 g/mol. The topological polar surface area (TPSA) is 91.8 Å². The fourth-order valence-corrected chi connectivity index (χ4v) is 3.76. The lowest BCUT2D eigenvalue weighted by atomic mass is 10.2. The Bertz CT molecular complexity index is 794. The number of anilines is 1. The summed E-state index contributed by atoms with van der Waals surface area (Å²) in [5.41, 5.74) is 1.39. The molecule has 1 aliphatic heterocycles. The molecule has 1 fully saturated rings. The van der Waals surface area contributed by atoms with Crippen LogP contribution in [0.4, 0.5) is 10.6 Å². The summed E-state index contributed by atoms with van der Waals surface area (Å²) >= 11 is 1.43. The zero-order valence-electron chi connectivity index (χ0n) is 14.1. The van der Waals surface area contributed by atoms with Gasteiger partial charge in [-0.1, -0.05) is 30.0 Å². The van der Waals surface area contributed by atoms with E-state index in [2.05, 4.69) is 15.2 Å². The predicted octanol–water partition coefficient (Wildman–Crippen LogP) is 2.65. The number of carbonyl (C=O) groups excluding carboxylic acids is 1. The van der Waals surface area contributed by atoms with E-state index < -0.39 is 6.09 Å². The Morgan fingerprint density at radius 1 is 1.27 bits per heavy atom. The largest absolute Gasteiger partial charge is 0.465 e. The quantitative estimate of drug-likeness (QED) is 0.752. The molecule has 0 saturated carbocycles. The van der Waals surface area contributed by atoms with Crippen molar-refractivity contribution >= 4 is 30.0 Å². The molecule has 0 aliphatic carbocycles. The maximum Gasteiger partial charge on any atom is 0.404 e. The number of aldehydes is 1. The summed E-state index contributed by atoms with van der Waals surface area (Å²) in [7, 11) is 0. The van der Waals surface area contributed by atoms with Crippen LogP contribution in [0, 0.1) is 0 Å². The van der Waals surface area contributed by atoms with E-state index in [1.165, 1.54) is 11.8 Å². The Morgan fingerprint density at radius 2 is 2.04 bits per heavy atom. The Balaban J connectivity index is 1.97. The highest BCUT2D eigenvalue weighted by molar-refractivity contribution is 7.99. The highest BCUT2D eigenvalue weighted by Gasteiger charge is 2.20. The number of benzene rings is 1. The minimum atomic E-state index is -1.09. The predicted molar refractivity (Wildman–Crippen MR) is 98.1 cm³/mol. The molecule has 3 rings (SSSR count). The molecule has 2 aromatic rings. The number of hydrogen-bond acceptors (Lipinski definition) is 6. The average Bonchev–Trinajstić information content (AvgIpc) is 2.68. The number of hydrogen-bond donors (Lipinski definition) is 2. The first-order chi connectivity index (χ1) is 12.7. The van der Waals surface area contributed by atoms with Gasteiger partial charge in [-0.3, -0.25) is 4.79 Å². The number of aromatic nitrogens is 1. The third kappa shape index (κ3) is 4.33. The van der Waals surface area contributed by atoms with Crippen LogP contribution >= 0.6 is 11.8 Å². The second-order valence-electron chi connectivity index (χ2n) is 5.63.